The van der Waals surface area contributed by atoms with Gasteiger partial charge in [-0.1, -0.05) is 30.3 Å². The number of nitrogens with zero attached hydrogens (tertiary/aromatic N) is 3. The van der Waals surface area contributed by atoms with Gasteiger partial charge < -0.3 is 4.90 Å². The molecule has 1 aromatic rings. The van der Waals surface area contributed by atoms with Crippen molar-refractivity contribution < 1.29 is 0 Å². The summed E-state index contributed by atoms with van der Waals surface area (Å²) < 4.78 is 0. The predicted molar refractivity (Wildman–Crippen MR) is 86.8 cm³/mol. The normalized spacial score (nSPS) is 17.6. The zero-order valence-corrected chi connectivity index (χ0v) is 13.4. The van der Waals surface area contributed by atoms with Crippen LogP contribution in [0.1, 0.15) is 32.3 Å². The second-order valence-corrected chi connectivity index (χ2v) is 6.70. The third-order valence-corrected chi connectivity index (χ3v) is 4.29. The molecule has 0 N–H and O–H groups in total. The van der Waals surface area contributed by atoms with Crippen molar-refractivity contribution in [2.45, 2.75) is 33.2 Å². The van der Waals surface area contributed by atoms with Crippen molar-refractivity contribution in [3.05, 3.63) is 35.9 Å². The first kappa shape index (κ1) is 16.0. The predicted octanol–water partition coefficient (Wildman–Crippen LogP) is 3.13. The Morgan fingerprint density at radius 3 is 2.29 bits per heavy atom. The van der Waals surface area contributed by atoms with Gasteiger partial charge in [-0.25, -0.2) is 0 Å². The molecule has 1 saturated heterocycles. The van der Waals surface area contributed by atoms with Gasteiger partial charge >= 0.3 is 0 Å². The Hall–Kier alpha value is -1.37. The van der Waals surface area contributed by atoms with Crippen molar-refractivity contribution in [1.82, 2.24) is 9.80 Å². The molecular formula is C18H27N3. The fraction of sp³-hybridized carbons (Fsp3) is 0.611. The molecule has 3 heteroatoms. The lowest BCUT2D eigenvalue weighted by molar-refractivity contribution is 0.123. The summed E-state index contributed by atoms with van der Waals surface area (Å²) in [6.45, 7) is 10.9. The van der Waals surface area contributed by atoms with Crippen LogP contribution in [-0.4, -0.2) is 42.5 Å². The number of piperazine rings is 1. The maximum Gasteiger partial charge on any atom is 0.0683 e. The summed E-state index contributed by atoms with van der Waals surface area (Å²) in [6.07, 6.45) is 2.12. The zero-order chi connectivity index (χ0) is 15.1. The van der Waals surface area contributed by atoms with Gasteiger partial charge in [-0.2, -0.15) is 5.26 Å². The monoisotopic (exact) mass is 285 g/mol. The van der Waals surface area contributed by atoms with Gasteiger partial charge in [0.15, 0.2) is 0 Å². The third-order valence-electron chi connectivity index (χ3n) is 4.29. The quantitative estimate of drug-likeness (QED) is 0.804. The molecule has 2 rings (SSSR count). The lowest BCUT2D eigenvalue weighted by atomic mass is 9.90. The summed E-state index contributed by atoms with van der Waals surface area (Å²) in [4.78, 5) is 5.07. The lowest BCUT2D eigenvalue weighted by Gasteiger charge is -2.35. The second kappa shape index (κ2) is 7.59. The van der Waals surface area contributed by atoms with Gasteiger partial charge in [0.25, 0.3) is 0 Å². The summed E-state index contributed by atoms with van der Waals surface area (Å²) in [6, 6.07) is 13.1. The summed E-state index contributed by atoms with van der Waals surface area (Å²) in [5.74, 6) is 0. The second-order valence-electron chi connectivity index (χ2n) is 6.70. The molecule has 0 spiro atoms. The molecule has 1 aromatic carbocycles. The molecular weight excluding hydrogens is 258 g/mol. The molecule has 21 heavy (non-hydrogen) atoms. The third kappa shape index (κ3) is 5.49. The van der Waals surface area contributed by atoms with E-state index in [4.69, 9.17) is 5.26 Å². The van der Waals surface area contributed by atoms with Crippen LogP contribution in [0.4, 0.5) is 0 Å². The number of rotatable bonds is 6. The Morgan fingerprint density at radius 2 is 1.67 bits per heavy atom. The van der Waals surface area contributed by atoms with E-state index in [1.807, 2.05) is 13.8 Å². The topological polar surface area (TPSA) is 30.3 Å². The number of hydrogen-bond donors (Lipinski definition) is 0. The maximum atomic E-state index is 9.04. The molecule has 0 amide bonds. The number of nitriles is 1. The highest BCUT2D eigenvalue weighted by molar-refractivity contribution is 5.14. The summed E-state index contributed by atoms with van der Waals surface area (Å²) in [5, 5.41) is 9.04. The molecule has 0 saturated carbocycles. The Balaban J connectivity index is 1.66. The van der Waals surface area contributed by atoms with Crippen molar-refractivity contribution in [2.24, 2.45) is 5.41 Å². The molecule has 1 aliphatic rings. The van der Waals surface area contributed by atoms with Crippen LogP contribution in [0.2, 0.25) is 0 Å². The summed E-state index contributed by atoms with van der Waals surface area (Å²) in [7, 11) is 0. The molecule has 0 radical (unpaired) electrons. The van der Waals surface area contributed by atoms with Gasteiger partial charge in [-0.15, -0.1) is 0 Å². The van der Waals surface area contributed by atoms with Crippen LogP contribution in [0, 0.1) is 16.7 Å². The van der Waals surface area contributed by atoms with Crippen LogP contribution in [0.3, 0.4) is 0 Å². The van der Waals surface area contributed by atoms with E-state index in [0.717, 1.165) is 52.1 Å². The highest BCUT2D eigenvalue weighted by atomic mass is 15.3. The van der Waals surface area contributed by atoms with Crippen molar-refractivity contribution in [1.29, 1.82) is 5.26 Å². The molecule has 0 unspecified atom stereocenters. The standard InChI is InChI=1S/C18H27N3/c1-18(2,16-19)9-6-10-20-11-13-21(14-12-20)15-17-7-4-3-5-8-17/h3-5,7-8H,6,9-15H2,1-2H3. The van der Waals surface area contributed by atoms with Gasteiger partial charge in [0.2, 0.25) is 0 Å². The summed E-state index contributed by atoms with van der Waals surface area (Å²) in [5.41, 5.74) is 1.23. The first-order valence-electron chi connectivity index (χ1n) is 7.99. The SMILES string of the molecule is CC(C)(C#N)CCCN1CCN(Cc2ccccc2)CC1. The van der Waals surface area contributed by atoms with Crippen molar-refractivity contribution >= 4 is 0 Å². The number of benzene rings is 1. The van der Waals surface area contributed by atoms with Crippen molar-refractivity contribution in [3.8, 4) is 6.07 Å². The highest BCUT2D eigenvalue weighted by Gasteiger charge is 2.19. The lowest BCUT2D eigenvalue weighted by Crippen LogP contribution is -2.46. The average Bonchev–Trinajstić information content (AvgIpc) is 2.50. The van der Waals surface area contributed by atoms with E-state index < -0.39 is 0 Å². The van der Waals surface area contributed by atoms with Crippen LogP contribution in [0.5, 0.6) is 0 Å². The first-order chi connectivity index (χ1) is 10.1. The van der Waals surface area contributed by atoms with Crippen LogP contribution in [0.15, 0.2) is 30.3 Å². The Labute approximate surface area is 129 Å². The van der Waals surface area contributed by atoms with E-state index in [0.29, 0.717) is 0 Å². The van der Waals surface area contributed by atoms with Gasteiger partial charge in [0, 0.05) is 32.7 Å². The Bertz CT molecular complexity index is 453. The molecule has 0 atom stereocenters. The molecule has 0 aromatic heterocycles. The Morgan fingerprint density at radius 1 is 1.05 bits per heavy atom. The Kier molecular flexibility index (Phi) is 5.78. The largest absolute Gasteiger partial charge is 0.301 e. The minimum Gasteiger partial charge on any atom is -0.301 e. The van der Waals surface area contributed by atoms with Crippen LogP contribution < -0.4 is 0 Å². The van der Waals surface area contributed by atoms with Crippen molar-refractivity contribution in [2.75, 3.05) is 32.7 Å². The smallest absolute Gasteiger partial charge is 0.0683 e. The molecule has 1 aliphatic heterocycles. The van der Waals surface area contributed by atoms with Gasteiger partial charge in [0.05, 0.1) is 11.5 Å². The van der Waals surface area contributed by atoms with E-state index in [1.54, 1.807) is 0 Å². The van der Waals surface area contributed by atoms with E-state index in [9.17, 15) is 0 Å². The fourth-order valence-corrected chi connectivity index (χ4v) is 2.81. The molecule has 1 heterocycles. The van der Waals surface area contributed by atoms with Crippen LogP contribution >= 0.6 is 0 Å². The van der Waals surface area contributed by atoms with E-state index in [2.05, 4.69) is 46.2 Å². The molecule has 1 fully saturated rings. The van der Waals surface area contributed by atoms with E-state index in [-0.39, 0.29) is 5.41 Å². The molecule has 114 valence electrons. The minimum atomic E-state index is -0.171. The molecule has 3 nitrogen and oxygen atoms in total. The van der Waals surface area contributed by atoms with Gasteiger partial charge in [-0.05, 0) is 38.8 Å². The van der Waals surface area contributed by atoms with Gasteiger partial charge in [0.1, 0.15) is 0 Å². The minimum absolute atomic E-state index is 0.171. The fourth-order valence-electron chi connectivity index (χ4n) is 2.81. The van der Waals surface area contributed by atoms with Crippen LogP contribution in [0.25, 0.3) is 0 Å². The maximum absolute atomic E-state index is 9.04. The van der Waals surface area contributed by atoms with Crippen molar-refractivity contribution in [3.63, 3.8) is 0 Å². The van der Waals surface area contributed by atoms with E-state index >= 15 is 0 Å². The average molecular weight is 285 g/mol. The molecule has 0 aliphatic carbocycles. The van der Waals surface area contributed by atoms with Crippen LogP contribution in [-0.2, 0) is 6.54 Å². The number of hydrogen-bond acceptors (Lipinski definition) is 3. The van der Waals surface area contributed by atoms with E-state index in [1.165, 1.54) is 5.56 Å². The summed E-state index contributed by atoms with van der Waals surface area (Å²) >= 11 is 0. The highest BCUT2D eigenvalue weighted by Crippen LogP contribution is 2.21. The first-order valence-corrected chi connectivity index (χ1v) is 7.99. The van der Waals surface area contributed by atoms with Gasteiger partial charge in [-0.3, -0.25) is 4.90 Å². The molecule has 0 bridgehead atoms. The zero-order valence-electron chi connectivity index (χ0n) is 13.4.